The molecule has 1 N–H and O–H groups in total. The Hall–Kier alpha value is -0.240. The van der Waals surface area contributed by atoms with Gasteiger partial charge in [-0.3, -0.25) is 0 Å². The van der Waals surface area contributed by atoms with Crippen molar-refractivity contribution in [3.63, 3.8) is 0 Å². The SMILES string of the molecule is CC1CCCC1(O)Cc1c(Cl)cccc1Cl. The molecule has 16 heavy (non-hydrogen) atoms. The van der Waals surface area contributed by atoms with Gasteiger partial charge in [0.2, 0.25) is 0 Å². The summed E-state index contributed by atoms with van der Waals surface area (Å²) in [6.45, 7) is 2.09. The van der Waals surface area contributed by atoms with Crippen LogP contribution in [0.3, 0.4) is 0 Å². The van der Waals surface area contributed by atoms with Crippen molar-refractivity contribution in [3.05, 3.63) is 33.8 Å². The van der Waals surface area contributed by atoms with Crippen LogP contribution in [0, 0.1) is 5.92 Å². The second kappa shape index (κ2) is 4.56. The molecule has 88 valence electrons. The van der Waals surface area contributed by atoms with Crippen LogP contribution < -0.4 is 0 Å². The standard InChI is InChI=1S/C13H16Cl2O/c1-9-4-3-7-13(9,16)8-10-11(14)5-2-6-12(10)15/h2,5-6,9,16H,3-4,7-8H2,1H3. The first-order chi connectivity index (χ1) is 7.53. The molecule has 1 aliphatic carbocycles. The van der Waals surface area contributed by atoms with Crippen LogP contribution >= 0.6 is 23.2 Å². The van der Waals surface area contributed by atoms with Crippen LogP contribution in [0.5, 0.6) is 0 Å². The van der Waals surface area contributed by atoms with Crippen LogP contribution in [0.1, 0.15) is 31.7 Å². The molecule has 0 amide bonds. The molecule has 0 heterocycles. The predicted molar refractivity (Wildman–Crippen MR) is 68.1 cm³/mol. The minimum atomic E-state index is -0.630. The Morgan fingerprint density at radius 2 is 2.00 bits per heavy atom. The Balaban J connectivity index is 2.27. The molecule has 1 aliphatic rings. The maximum atomic E-state index is 10.5. The maximum Gasteiger partial charge on any atom is 0.0714 e. The summed E-state index contributed by atoms with van der Waals surface area (Å²) in [7, 11) is 0. The van der Waals surface area contributed by atoms with Gasteiger partial charge in [0.1, 0.15) is 0 Å². The zero-order valence-corrected chi connectivity index (χ0v) is 10.9. The third kappa shape index (κ3) is 2.22. The lowest BCUT2D eigenvalue weighted by Gasteiger charge is -2.28. The molecule has 0 aromatic heterocycles. The van der Waals surface area contributed by atoms with Crippen molar-refractivity contribution in [2.75, 3.05) is 0 Å². The number of hydrogen-bond acceptors (Lipinski definition) is 1. The topological polar surface area (TPSA) is 20.2 Å². The summed E-state index contributed by atoms with van der Waals surface area (Å²) < 4.78 is 0. The molecule has 1 fully saturated rings. The van der Waals surface area contributed by atoms with E-state index in [9.17, 15) is 5.11 Å². The van der Waals surface area contributed by atoms with E-state index in [1.165, 1.54) is 0 Å². The lowest BCUT2D eigenvalue weighted by molar-refractivity contribution is 0.00963. The smallest absolute Gasteiger partial charge is 0.0714 e. The average Bonchev–Trinajstić information content (AvgIpc) is 2.54. The van der Waals surface area contributed by atoms with Crippen LogP contribution in [-0.2, 0) is 6.42 Å². The number of benzene rings is 1. The quantitative estimate of drug-likeness (QED) is 0.848. The van der Waals surface area contributed by atoms with Gasteiger partial charge >= 0.3 is 0 Å². The molecular formula is C13H16Cl2O. The summed E-state index contributed by atoms with van der Waals surface area (Å²) in [5, 5.41) is 11.9. The van der Waals surface area contributed by atoms with E-state index < -0.39 is 5.60 Å². The highest BCUT2D eigenvalue weighted by atomic mass is 35.5. The molecule has 1 saturated carbocycles. The normalized spacial score (nSPS) is 29.6. The van der Waals surface area contributed by atoms with E-state index in [2.05, 4.69) is 6.92 Å². The van der Waals surface area contributed by atoms with Gasteiger partial charge in [0.05, 0.1) is 5.60 Å². The molecule has 0 spiro atoms. The van der Waals surface area contributed by atoms with Gasteiger partial charge in [0.25, 0.3) is 0 Å². The average molecular weight is 259 g/mol. The maximum absolute atomic E-state index is 10.5. The number of aliphatic hydroxyl groups is 1. The van der Waals surface area contributed by atoms with Gasteiger partial charge in [-0.25, -0.2) is 0 Å². The van der Waals surface area contributed by atoms with Gasteiger partial charge in [-0.1, -0.05) is 42.6 Å². The minimum absolute atomic E-state index is 0.319. The van der Waals surface area contributed by atoms with Crippen molar-refractivity contribution in [1.82, 2.24) is 0 Å². The van der Waals surface area contributed by atoms with Crippen molar-refractivity contribution in [2.45, 2.75) is 38.2 Å². The zero-order chi connectivity index (χ0) is 11.8. The summed E-state index contributed by atoms with van der Waals surface area (Å²) in [5.74, 6) is 0.319. The van der Waals surface area contributed by atoms with Crippen molar-refractivity contribution in [2.24, 2.45) is 5.92 Å². The fourth-order valence-electron chi connectivity index (χ4n) is 2.50. The molecule has 2 atom stereocenters. The molecule has 1 aromatic carbocycles. The van der Waals surface area contributed by atoms with E-state index in [0.717, 1.165) is 24.8 Å². The Morgan fingerprint density at radius 3 is 2.50 bits per heavy atom. The highest BCUT2D eigenvalue weighted by Crippen LogP contribution is 2.40. The highest BCUT2D eigenvalue weighted by Gasteiger charge is 2.38. The predicted octanol–water partition coefficient (Wildman–Crippen LogP) is 4.09. The first-order valence-electron chi connectivity index (χ1n) is 5.68. The van der Waals surface area contributed by atoms with Gasteiger partial charge in [0, 0.05) is 16.5 Å². The van der Waals surface area contributed by atoms with Crippen molar-refractivity contribution >= 4 is 23.2 Å². The van der Waals surface area contributed by atoms with Crippen molar-refractivity contribution in [1.29, 1.82) is 0 Å². The van der Waals surface area contributed by atoms with Crippen LogP contribution in [0.4, 0.5) is 0 Å². The molecule has 3 heteroatoms. The summed E-state index contributed by atoms with van der Waals surface area (Å²) in [6.07, 6.45) is 3.57. The molecule has 1 aromatic rings. The number of hydrogen-bond donors (Lipinski definition) is 1. The third-order valence-electron chi connectivity index (χ3n) is 3.71. The van der Waals surface area contributed by atoms with Gasteiger partial charge in [-0.05, 0) is 36.5 Å². The second-order valence-corrected chi connectivity index (χ2v) is 5.59. The van der Waals surface area contributed by atoms with E-state index in [-0.39, 0.29) is 0 Å². The van der Waals surface area contributed by atoms with Gasteiger partial charge in [-0.2, -0.15) is 0 Å². The first kappa shape index (κ1) is 12.2. The second-order valence-electron chi connectivity index (χ2n) is 4.77. The van der Waals surface area contributed by atoms with Crippen molar-refractivity contribution in [3.8, 4) is 0 Å². The van der Waals surface area contributed by atoms with E-state index in [4.69, 9.17) is 23.2 Å². The van der Waals surface area contributed by atoms with E-state index in [1.807, 2.05) is 18.2 Å². The van der Waals surface area contributed by atoms with Crippen LogP contribution in [0.25, 0.3) is 0 Å². The molecular weight excluding hydrogens is 243 g/mol. The summed E-state index contributed by atoms with van der Waals surface area (Å²) in [5.41, 5.74) is 0.247. The summed E-state index contributed by atoms with van der Waals surface area (Å²) >= 11 is 12.2. The highest BCUT2D eigenvalue weighted by molar-refractivity contribution is 6.36. The fraction of sp³-hybridized carbons (Fsp3) is 0.538. The molecule has 0 bridgehead atoms. The minimum Gasteiger partial charge on any atom is -0.389 e. The zero-order valence-electron chi connectivity index (χ0n) is 9.34. The molecule has 0 radical (unpaired) electrons. The molecule has 2 rings (SSSR count). The molecule has 0 saturated heterocycles. The van der Waals surface area contributed by atoms with Gasteiger partial charge < -0.3 is 5.11 Å². The summed E-state index contributed by atoms with van der Waals surface area (Å²) in [6, 6.07) is 5.48. The van der Waals surface area contributed by atoms with Crippen LogP contribution in [0.15, 0.2) is 18.2 Å². The fourth-order valence-corrected chi connectivity index (χ4v) is 3.03. The van der Waals surface area contributed by atoms with Crippen LogP contribution in [0.2, 0.25) is 10.0 Å². The molecule has 1 nitrogen and oxygen atoms in total. The van der Waals surface area contributed by atoms with Gasteiger partial charge in [-0.15, -0.1) is 0 Å². The van der Waals surface area contributed by atoms with Gasteiger partial charge in [0.15, 0.2) is 0 Å². The number of rotatable bonds is 2. The third-order valence-corrected chi connectivity index (χ3v) is 4.42. The number of halogens is 2. The van der Waals surface area contributed by atoms with Crippen molar-refractivity contribution < 1.29 is 5.11 Å². The van der Waals surface area contributed by atoms with E-state index >= 15 is 0 Å². The lowest BCUT2D eigenvalue weighted by atomic mass is 9.86. The van der Waals surface area contributed by atoms with Crippen LogP contribution in [-0.4, -0.2) is 10.7 Å². The Bertz CT molecular complexity index is 371. The lowest BCUT2D eigenvalue weighted by Crippen LogP contribution is -2.34. The Morgan fingerprint density at radius 1 is 1.38 bits per heavy atom. The summed E-state index contributed by atoms with van der Waals surface area (Å²) in [4.78, 5) is 0. The molecule has 2 unspecified atom stereocenters. The Kier molecular flexibility index (Phi) is 3.48. The molecule has 0 aliphatic heterocycles. The first-order valence-corrected chi connectivity index (χ1v) is 6.44. The van der Waals surface area contributed by atoms with E-state index in [1.54, 1.807) is 0 Å². The van der Waals surface area contributed by atoms with E-state index in [0.29, 0.717) is 22.4 Å². The Labute approximate surface area is 106 Å². The monoisotopic (exact) mass is 258 g/mol. The largest absolute Gasteiger partial charge is 0.389 e.